The lowest BCUT2D eigenvalue weighted by molar-refractivity contribution is -0.120. The summed E-state index contributed by atoms with van der Waals surface area (Å²) in [7, 11) is -3.58. The zero-order chi connectivity index (χ0) is 20.0. The van der Waals surface area contributed by atoms with Crippen molar-refractivity contribution in [2.24, 2.45) is 5.92 Å². The van der Waals surface area contributed by atoms with Crippen molar-refractivity contribution in [2.45, 2.75) is 31.1 Å². The van der Waals surface area contributed by atoms with E-state index < -0.39 is 10.0 Å². The highest BCUT2D eigenvalue weighted by Crippen LogP contribution is 2.25. The van der Waals surface area contributed by atoms with Crippen LogP contribution in [0, 0.1) is 5.92 Å². The standard InChI is InChI=1S/C21H26N2O4S/c1-2-14-27-19-10-6-9-18(15-19)22-21(24)17-8-7-13-23(16-17)28(25,26)20-11-4-3-5-12-20/h3-6,9-12,15,17H,2,7-8,13-14,16H2,1H3,(H,22,24). The van der Waals surface area contributed by atoms with Gasteiger partial charge >= 0.3 is 0 Å². The third kappa shape index (κ3) is 4.91. The van der Waals surface area contributed by atoms with E-state index in [0.29, 0.717) is 37.4 Å². The van der Waals surface area contributed by atoms with Crippen molar-refractivity contribution in [3.8, 4) is 5.75 Å². The minimum Gasteiger partial charge on any atom is -0.494 e. The second-order valence-electron chi connectivity index (χ2n) is 6.88. The topological polar surface area (TPSA) is 75.7 Å². The molecule has 2 aromatic carbocycles. The Labute approximate surface area is 166 Å². The second kappa shape index (κ2) is 9.21. The summed E-state index contributed by atoms with van der Waals surface area (Å²) in [6.45, 7) is 3.27. The van der Waals surface area contributed by atoms with Crippen LogP contribution in [0.2, 0.25) is 0 Å². The number of benzene rings is 2. The van der Waals surface area contributed by atoms with Crippen LogP contribution in [0.15, 0.2) is 59.5 Å². The van der Waals surface area contributed by atoms with E-state index in [1.54, 1.807) is 42.5 Å². The highest BCUT2D eigenvalue weighted by atomic mass is 32.2. The quantitative estimate of drug-likeness (QED) is 0.769. The fourth-order valence-corrected chi connectivity index (χ4v) is 4.79. The Hall–Kier alpha value is -2.38. The first-order chi connectivity index (χ1) is 13.5. The first kappa shape index (κ1) is 20.4. The van der Waals surface area contributed by atoms with Crippen molar-refractivity contribution in [1.29, 1.82) is 0 Å². The lowest BCUT2D eigenvalue weighted by atomic mass is 9.98. The Morgan fingerprint density at radius 3 is 2.71 bits per heavy atom. The van der Waals surface area contributed by atoms with Gasteiger partial charge in [0.25, 0.3) is 0 Å². The summed E-state index contributed by atoms with van der Waals surface area (Å²) in [6.07, 6.45) is 2.23. The molecule has 0 aromatic heterocycles. The summed E-state index contributed by atoms with van der Waals surface area (Å²) in [5, 5.41) is 2.90. The van der Waals surface area contributed by atoms with E-state index in [0.717, 1.165) is 6.42 Å². The van der Waals surface area contributed by atoms with Crippen molar-refractivity contribution in [3.05, 3.63) is 54.6 Å². The summed E-state index contributed by atoms with van der Waals surface area (Å²) >= 11 is 0. The molecule has 1 amide bonds. The smallest absolute Gasteiger partial charge is 0.243 e. The number of piperidine rings is 1. The molecular weight excluding hydrogens is 376 g/mol. The Kier molecular flexibility index (Phi) is 6.70. The molecule has 0 aliphatic carbocycles. The van der Waals surface area contributed by atoms with Crippen LogP contribution in [0.3, 0.4) is 0 Å². The van der Waals surface area contributed by atoms with E-state index in [-0.39, 0.29) is 23.3 Å². The summed E-state index contributed by atoms with van der Waals surface area (Å²) in [6, 6.07) is 15.6. The minimum atomic E-state index is -3.58. The maximum atomic E-state index is 12.8. The van der Waals surface area contributed by atoms with Gasteiger partial charge in [-0.15, -0.1) is 0 Å². The van der Waals surface area contributed by atoms with Crippen LogP contribution in [-0.4, -0.2) is 38.3 Å². The molecule has 1 aliphatic rings. The number of nitrogens with one attached hydrogen (secondary N) is 1. The molecule has 2 aromatic rings. The monoisotopic (exact) mass is 402 g/mol. The Bertz CT molecular complexity index is 900. The van der Waals surface area contributed by atoms with Gasteiger partial charge in [0.05, 0.1) is 17.4 Å². The molecule has 0 radical (unpaired) electrons. The Balaban J connectivity index is 1.66. The zero-order valence-electron chi connectivity index (χ0n) is 16.0. The molecule has 0 spiro atoms. The molecule has 0 bridgehead atoms. The average Bonchev–Trinajstić information content (AvgIpc) is 2.73. The number of nitrogens with zero attached hydrogens (tertiary/aromatic N) is 1. The SMILES string of the molecule is CCCOc1cccc(NC(=O)C2CCCN(S(=O)(=O)c3ccccc3)C2)c1. The van der Waals surface area contributed by atoms with Crippen molar-refractivity contribution >= 4 is 21.6 Å². The lowest BCUT2D eigenvalue weighted by Crippen LogP contribution is -2.43. The first-order valence-electron chi connectivity index (χ1n) is 9.59. The predicted molar refractivity (Wildman–Crippen MR) is 109 cm³/mol. The number of sulfonamides is 1. The summed E-state index contributed by atoms with van der Waals surface area (Å²) < 4.78 is 32.7. The van der Waals surface area contributed by atoms with Gasteiger partial charge in [-0.25, -0.2) is 8.42 Å². The molecule has 1 saturated heterocycles. The van der Waals surface area contributed by atoms with E-state index in [9.17, 15) is 13.2 Å². The summed E-state index contributed by atoms with van der Waals surface area (Å²) in [5.74, 6) is 0.157. The van der Waals surface area contributed by atoms with Gasteiger partial charge in [-0.1, -0.05) is 31.2 Å². The minimum absolute atomic E-state index is 0.166. The fraction of sp³-hybridized carbons (Fsp3) is 0.381. The van der Waals surface area contributed by atoms with Crippen molar-refractivity contribution in [3.63, 3.8) is 0 Å². The number of ether oxygens (including phenoxy) is 1. The second-order valence-corrected chi connectivity index (χ2v) is 8.82. The zero-order valence-corrected chi connectivity index (χ0v) is 16.8. The number of amides is 1. The number of hydrogen-bond acceptors (Lipinski definition) is 4. The van der Waals surface area contributed by atoms with Gasteiger partial charge in [0.15, 0.2) is 0 Å². The fourth-order valence-electron chi connectivity index (χ4n) is 3.24. The lowest BCUT2D eigenvalue weighted by Gasteiger charge is -2.31. The van der Waals surface area contributed by atoms with Gasteiger partial charge in [-0.3, -0.25) is 4.79 Å². The van der Waals surface area contributed by atoms with Crippen LogP contribution in [0.1, 0.15) is 26.2 Å². The Morgan fingerprint density at radius 1 is 1.18 bits per heavy atom. The van der Waals surface area contributed by atoms with E-state index in [1.165, 1.54) is 4.31 Å². The van der Waals surface area contributed by atoms with E-state index >= 15 is 0 Å². The van der Waals surface area contributed by atoms with Gasteiger partial charge < -0.3 is 10.1 Å². The number of carbonyl (C=O) groups excluding carboxylic acids is 1. The molecule has 6 nitrogen and oxygen atoms in total. The molecule has 1 N–H and O–H groups in total. The third-order valence-corrected chi connectivity index (χ3v) is 6.59. The molecule has 150 valence electrons. The molecule has 7 heteroatoms. The van der Waals surface area contributed by atoms with Crippen molar-refractivity contribution < 1.29 is 17.9 Å². The number of hydrogen-bond donors (Lipinski definition) is 1. The van der Waals surface area contributed by atoms with Gasteiger partial charge in [0.2, 0.25) is 15.9 Å². The first-order valence-corrected chi connectivity index (χ1v) is 11.0. The van der Waals surface area contributed by atoms with Crippen LogP contribution in [-0.2, 0) is 14.8 Å². The van der Waals surface area contributed by atoms with E-state index in [1.807, 2.05) is 19.1 Å². The van der Waals surface area contributed by atoms with Crippen molar-refractivity contribution in [1.82, 2.24) is 4.31 Å². The van der Waals surface area contributed by atoms with Crippen LogP contribution in [0.25, 0.3) is 0 Å². The van der Waals surface area contributed by atoms with Crippen LogP contribution >= 0.6 is 0 Å². The summed E-state index contributed by atoms with van der Waals surface area (Å²) in [4.78, 5) is 13.0. The number of carbonyl (C=O) groups is 1. The molecule has 1 atom stereocenters. The van der Waals surface area contributed by atoms with Gasteiger partial charge in [-0.05, 0) is 43.5 Å². The molecule has 1 unspecified atom stereocenters. The van der Waals surface area contributed by atoms with Crippen LogP contribution in [0.4, 0.5) is 5.69 Å². The number of anilines is 1. The maximum absolute atomic E-state index is 12.8. The molecule has 1 fully saturated rings. The molecule has 3 rings (SSSR count). The molecule has 1 heterocycles. The summed E-state index contributed by atoms with van der Waals surface area (Å²) in [5.41, 5.74) is 0.654. The third-order valence-electron chi connectivity index (χ3n) is 4.71. The van der Waals surface area contributed by atoms with Gasteiger partial charge in [0.1, 0.15) is 5.75 Å². The van der Waals surface area contributed by atoms with Gasteiger partial charge in [0, 0.05) is 24.8 Å². The molecule has 1 aliphatic heterocycles. The van der Waals surface area contributed by atoms with Crippen LogP contribution in [0.5, 0.6) is 5.75 Å². The number of rotatable bonds is 7. The normalized spacial score (nSPS) is 17.8. The largest absolute Gasteiger partial charge is 0.494 e. The van der Waals surface area contributed by atoms with E-state index in [2.05, 4.69) is 5.32 Å². The molecule has 0 saturated carbocycles. The van der Waals surface area contributed by atoms with Crippen molar-refractivity contribution in [2.75, 3.05) is 25.0 Å². The Morgan fingerprint density at radius 2 is 1.96 bits per heavy atom. The van der Waals surface area contributed by atoms with Crippen LogP contribution < -0.4 is 10.1 Å². The maximum Gasteiger partial charge on any atom is 0.243 e. The predicted octanol–water partition coefficient (Wildman–Crippen LogP) is 3.51. The molecular formula is C21H26N2O4S. The van der Waals surface area contributed by atoms with Gasteiger partial charge in [-0.2, -0.15) is 4.31 Å². The molecule has 28 heavy (non-hydrogen) atoms. The van der Waals surface area contributed by atoms with E-state index in [4.69, 9.17) is 4.74 Å². The average molecular weight is 403 g/mol. The highest BCUT2D eigenvalue weighted by Gasteiger charge is 2.33. The highest BCUT2D eigenvalue weighted by molar-refractivity contribution is 7.89.